The van der Waals surface area contributed by atoms with Gasteiger partial charge in [0.05, 0.1) is 17.5 Å². The van der Waals surface area contributed by atoms with Crippen molar-refractivity contribution in [2.24, 2.45) is 5.92 Å². The summed E-state index contributed by atoms with van der Waals surface area (Å²) in [5, 5.41) is 33.0. The van der Waals surface area contributed by atoms with E-state index in [0.717, 1.165) is 25.8 Å². The minimum absolute atomic E-state index is 0.147. The molecule has 2 fully saturated rings. The fourth-order valence-electron chi connectivity index (χ4n) is 4.11. The number of rotatable bonds is 7. The number of thioether (sulfide) groups is 1. The molecule has 2 saturated heterocycles. The molecule has 4 N–H and O–H groups in total. The molecule has 2 aliphatic rings. The molecule has 0 saturated carbocycles. The topological polar surface area (TPSA) is 102 Å². The predicted octanol–water partition coefficient (Wildman–Crippen LogP) is 0.390. The summed E-state index contributed by atoms with van der Waals surface area (Å²) in [6, 6.07) is -0.934. The lowest BCUT2D eigenvalue weighted by molar-refractivity contribution is -0.205. The predicted molar refractivity (Wildman–Crippen MR) is 107 cm³/mol. The van der Waals surface area contributed by atoms with Crippen LogP contribution in [-0.4, -0.2) is 93.3 Å². The van der Waals surface area contributed by atoms with Gasteiger partial charge in [0.2, 0.25) is 5.91 Å². The summed E-state index contributed by atoms with van der Waals surface area (Å²) < 4.78 is 5.79. The summed E-state index contributed by atoms with van der Waals surface area (Å²) in [5.74, 6) is 0.350. The van der Waals surface area contributed by atoms with Gasteiger partial charge < -0.3 is 25.4 Å². The lowest BCUT2D eigenvalue weighted by Crippen LogP contribution is -2.65. The molecule has 0 spiro atoms. The highest BCUT2D eigenvalue weighted by molar-refractivity contribution is 7.99. The van der Waals surface area contributed by atoms with Crippen molar-refractivity contribution in [2.75, 3.05) is 19.8 Å². The zero-order valence-corrected chi connectivity index (χ0v) is 18.0. The Hall–Kier alpha value is -0.0900. The van der Waals surface area contributed by atoms with Crippen molar-refractivity contribution in [1.82, 2.24) is 10.2 Å². The van der Waals surface area contributed by atoms with Crippen molar-refractivity contribution in [3.63, 3.8) is 0 Å². The molecule has 0 aliphatic carbocycles. The van der Waals surface area contributed by atoms with Crippen LogP contribution in [0.15, 0.2) is 0 Å². The van der Waals surface area contributed by atoms with Gasteiger partial charge >= 0.3 is 0 Å². The summed E-state index contributed by atoms with van der Waals surface area (Å²) in [6.45, 7) is 4.74. The van der Waals surface area contributed by atoms with Crippen LogP contribution in [0.2, 0.25) is 0 Å². The second kappa shape index (κ2) is 10.1. The molecule has 9 heteroatoms. The average Bonchev–Trinajstić information content (AvgIpc) is 2.99. The van der Waals surface area contributed by atoms with Crippen molar-refractivity contribution in [3.05, 3.63) is 0 Å². The summed E-state index contributed by atoms with van der Waals surface area (Å²) >= 11 is 7.55. The smallest absolute Gasteiger partial charge is 0.237 e. The van der Waals surface area contributed by atoms with E-state index >= 15 is 0 Å². The molecule has 0 radical (unpaired) electrons. The molecule has 2 rings (SSSR count). The molecule has 7 nitrogen and oxygen atoms in total. The Morgan fingerprint density at radius 1 is 1.33 bits per heavy atom. The first-order valence-electron chi connectivity index (χ1n) is 9.58. The quantitative estimate of drug-likeness (QED) is 0.438. The maximum absolute atomic E-state index is 12.9. The van der Waals surface area contributed by atoms with Gasteiger partial charge in [-0.05, 0) is 39.0 Å². The number of amides is 1. The fraction of sp³-hybridized carbons (Fsp3) is 0.944. The van der Waals surface area contributed by atoms with Crippen LogP contribution in [0.5, 0.6) is 0 Å². The highest BCUT2D eigenvalue weighted by Crippen LogP contribution is 2.31. The van der Waals surface area contributed by atoms with Crippen molar-refractivity contribution in [3.8, 4) is 0 Å². The first-order chi connectivity index (χ1) is 12.7. The number of likely N-dealkylation sites (tertiary alicyclic amines) is 1. The standard InChI is InChI=1S/C18H33ClN2O5S/c1-5-6-10-7-11(21(3)8-10)17(25)20-12(9(2)19)16-14(23)13(22)15(24)18(26-16)27-4/h9-16,18,22-24H,5-8H2,1-4H3,(H,20,25)/t9-,10+,11-,12+,13-,14+,15+,16-,18+/m0/s1. The number of nitrogens with one attached hydrogen (secondary N) is 1. The summed E-state index contributed by atoms with van der Waals surface area (Å²) in [4.78, 5) is 14.9. The molecule has 1 amide bonds. The molecule has 0 aromatic heterocycles. The minimum atomic E-state index is -1.36. The lowest BCUT2D eigenvalue weighted by Gasteiger charge is -2.44. The van der Waals surface area contributed by atoms with Gasteiger partial charge in [-0.15, -0.1) is 23.4 Å². The van der Waals surface area contributed by atoms with Gasteiger partial charge in [0.1, 0.15) is 29.9 Å². The zero-order valence-electron chi connectivity index (χ0n) is 16.4. The highest BCUT2D eigenvalue weighted by Gasteiger charge is 2.48. The Balaban J connectivity index is 2.09. The van der Waals surface area contributed by atoms with E-state index in [0.29, 0.717) is 5.92 Å². The number of carbonyl (C=O) groups is 1. The number of hydrogen-bond acceptors (Lipinski definition) is 7. The number of hydrogen-bond donors (Lipinski definition) is 4. The van der Waals surface area contributed by atoms with E-state index in [1.807, 2.05) is 11.9 Å². The molecule has 0 aromatic rings. The summed E-state index contributed by atoms with van der Waals surface area (Å²) in [5.41, 5.74) is -0.702. The van der Waals surface area contributed by atoms with Gasteiger partial charge in [0.15, 0.2) is 0 Å². The lowest BCUT2D eigenvalue weighted by atomic mass is 9.92. The number of aliphatic hydroxyl groups is 3. The highest BCUT2D eigenvalue weighted by atomic mass is 35.5. The number of ether oxygens (including phenoxy) is 1. The molecule has 9 atom stereocenters. The van der Waals surface area contributed by atoms with Gasteiger partial charge in [-0.25, -0.2) is 0 Å². The molecule has 2 aliphatic heterocycles. The molecule has 0 aromatic carbocycles. The Morgan fingerprint density at radius 2 is 2.00 bits per heavy atom. The maximum atomic E-state index is 12.9. The van der Waals surface area contributed by atoms with Gasteiger partial charge in [0, 0.05) is 6.54 Å². The van der Waals surface area contributed by atoms with Crippen LogP contribution in [-0.2, 0) is 9.53 Å². The third-order valence-electron chi connectivity index (χ3n) is 5.63. The van der Waals surface area contributed by atoms with Crippen molar-refractivity contribution in [2.45, 2.75) is 80.4 Å². The van der Waals surface area contributed by atoms with E-state index in [9.17, 15) is 20.1 Å². The molecule has 0 bridgehead atoms. The van der Waals surface area contributed by atoms with E-state index in [-0.39, 0.29) is 11.9 Å². The SMILES string of the molecule is CCC[C@@H]1C[C@@H](C(=O)N[C@@H]([C@@H]2O[C@H](SC)[C@H](O)[C@@H](O)[C@H]2O)[C@H](C)Cl)N(C)C1. The van der Waals surface area contributed by atoms with E-state index in [4.69, 9.17) is 16.3 Å². The monoisotopic (exact) mass is 424 g/mol. The number of likely N-dealkylation sites (N-methyl/N-ethyl adjacent to an activating group) is 1. The van der Waals surface area contributed by atoms with E-state index in [1.54, 1.807) is 13.2 Å². The van der Waals surface area contributed by atoms with Crippen LogP contribution < -0.4 is 5.32 Å². The average molecular weight is 425 g/mol. The number of halogens is 1. The number of carbonyl (C=O) groups excluding carboxylic acids is 1. The first-order valence-corrected chi connectivity index (χ1v) is 11.3. The Bertz CT molecular complexity index is 498. The molecule has 2 heterocycles. The molecular formula is C18H33ClN2O5S. The van der Waals surface area contributed by atoms with Crippen LogP contribution in [0.3, 0.4) is 0 Å². The number of alkyl halides is 1. The first kappa shape index (κ1) is 23.2. The van der Waals surface area contributed by atoms with Crippen LogP contribution >= 0.6 is 23.4 Å². The minimum Gasteiger partial charge on any atom is -0.388 e. The maximum Gasteiger partial charge on any atom is 0.237 e. The van der Waals surface area contributed by atoms with E-state index in [2.05, 4.69) is 12.2 Å². The van der Waals surface area contributed by atoms with Crippen molar-refractivity contribution in [1.29, 1.82) is 0 Å². The fourth-order valence-corrected chi connectivity index (χ4v) is 5.00. The van der Waals surface area contributed by atoms with E-state index in [1.165, 1.54) is 11.8 Å². The van der Waals surface area contributed by atoms with Crippen LogP contribution in [0.4, 0.5) is 0 Å². The third kappa shape index (κ3) is 5.29. The summed E-state index contributed by atoms with van der Waals surface area (Å²) in [6.07, 6.45) is -0.0980. The van der Waals surface area contributed by atoms with Crippen LogP contribution in [0.25, 0.3) is 0 Å². The number of aliphatic hydroxyl groups excluding tert-OH is 3. The van der Waals surface area contributed by atoms with Gasteiger partial charge in [-0.2, -0.15) is 0 Å². The van der Waals surface area contributed by atoms with Crippen LogP contribution in [0.1, 0.15) is 33.1 Å². The normalized spacial score (nSPS) is 39.9. The third-order valence-corrected chi connectivity index (χ3v) is 6.76. The van der Waals surface area contributed by atoms with Crippen LogP contribution in [0, 0.1) is 5.92 Å². The van der Waals surface area contributed by atoms with Gasteiger partial charge in [0.25, 0.3) is 0 Å². The molecular weight excluding hydrogens is 392 g/mol. The second-order valence-electron chi connectivity index (χ2n) is 7.73. The van der Waals surface area contributed by atoms with Gasteiger partial charge in [-0.3, -0.25) is 9.69 Å². The zero-order chi connectivity index (χ0) is 20.3. The Kier molecular flexibility index (Phi) is 8.67. The van der Waals surface area contributed by atoms with Crippen molar-refractivity contribution < 1.29 is 24.9 Å². The second-order valence-corrected chi connectivity index (χ2v) is 9.36. The largest absolute Gasteiger partial charge is 0.388 e. The molecule has 27 heavy (non-hydrogen) atoms. The van der Waals surface area contributed by atoms with E-state index < -0.39 is 41.3 Å². The Morgan fingerprint density at radius 3 is 2.56 bits per heavy atom. The summed E-state index contributed by atoms with van der Waals surface area (Å²) in [7, 11) is 1.94. The molecule has 0 unspecified atom stereocenters. The molecule has 158 valence electrons. The van der Waals surface area contributed by atoms with Gasteiger partial charge in [-0.1, -0.05) is 13.3 Å². The Labute approximate surface area is 170 Å². The van der Waals surface area contributed by atoms with Crippen molar-refractivity contribution >= 4 is 29.3 Å². The number of nitrogens with zero attached hydrogens (tertiary/aromatic N) is 1.